The third kappa shape index (κ3) is 3.92. The van der Waals surface area contributed by atoms with E-state index in [0.29, 0.717) is 16.8 Å². The molecule has 0 amide bonds. The molecule has 4 aromatic rings. The first-order chi connectivity index (χ1) is 13.6. The van der Waals surface area contributed by atoms with Gasteiger partial charge in [0.05, 0.1) is 0 Å². The van der Waals surface area contributed by atoms with Crippen LogP contribution in [0.5, 0.6) is 0 Å². The van der Waals surface area contributed by atoms with Crippen LogP contribution >= 0.6 is 11.6 Å². The van der Waals surface area contributed by atoms with Gasteiger partial charge in [0, 0.05) is 16.3 Å². The molecule has 1 atom stereocenters. The van der Waals surface area contributed by atoms with Crippen LogP contribution in [-0.4, -0.2) is 10.2 Å². The maximum Gasteiger partial charge on any atom is 0.247 e. The summed E-state index contributed by atoms with van der Waals surface area (Å²) in [5.74, 6) is 0.976. The average molecular weight is 390 g/mol. The molecular formula is C23H20ClN3O. The molecule has 140 valence electrons. The molecule has 0 aliphatic carbocycles. The predicted molar refractivity (Wildman–Crippen MR) is 113 cm³/mol. The molecule has 4 rings (SSSR count). The Balaban J connectivity index is 1.73. The smallest absolute Gasteiger partial charge is 0.247 e. The minimum Gasteiger partial charge on any atom is -0.418 e. The van der Waals surface area contributed by atoms with Crippen molar-refractivity contribution in [3.63, 3.8) is 0 Å². The summed E-state index contributed by atoms with van der Waals surface area (Å²) in [6.45, 7) is 4.19. The predicted octanol–water partition coefficient (Wildman–Crippen LogP) is 6.21. The van der Waals surface area contributed by atoms with Gasteiger partial charge in [-0.15, -0.1) is 10.2 Å². The second kappa shape index (κ2) is 7.87. The largest absolute Gasteiger partial charge is 0.418 e. The molecular weight excluding hydrogens is 370 g/mol. The van der Waals surface area contributed by atoms with E-state index in [9.17, 15) is 0 Å². The van der Waals surface area contributed by atoms with Gasteiger partial charge in [-0.1, -0.05) is 48.0 Å². The average Bonchev–Trinajstić information content (AvgIpc) is 3.19. The van der Waals surface area contributed by atoms with E-state index in [4.69, 9.17) is 16.0 Å². The molecule has 4 nitrogen and oxygen atoms in total. The zero-order valence-corrected chi connectivity index (χ0v) is 16.4. The zero-order valence-electron chi connectivity index (χ0n) is 15.7. The second-order valence-corrected chi connectivity index (χ2v) is 7.18. The summed E-state index contributed by atoms with van der Waals surface area (Å²) in [6, 6.07) is 23.4. The second-order valence-electron chi connectivity index (χ2n) is 6.74. The SMILES string of the molecule is Cc1ccc(N[C@@H](c2cccc(Cl)c2)c2nnc(-c3ccccc3)o2)cc1C. The van der Waals surface area contributed by atoms with Crippen LogP contribution in [0.1, 0.15) is 28.6 Å². The Kier molecular flexibility index (Phi) is 5.13. The number of anilines is 1. The van der Waals surface area contributed by atoms with Crippen LogP contribution in [0.2, 0.25) is 5.02 Å². The fraction of sp³-hybridized carbons (Fsp3) is 0.130. The van der Waals surface area contributed by atoms with Gasteiger partial charge < -0.3 is 9.73 Å². The number of aromatic nitrogens is 2. The minimum atomic E-state index is -0.314. The van der Waals surface area contributed by atoms with E-state index in [1.165, 1.54) is 11.1 Å². The normalized spacial score (nSPS) is 12.0. The highest BCUT2D eigenvalue weighted by atomic mass is 35.5. The zero-order chi connectivity index (χ0) is 19.5. The Morgan fingerprint density at radius 2 is 1.68 bits per heavy atom. The topological polar surface area (TPSA) is 51.0 Å². The van der Waals surface area contributed by atoms with Crippen molar-refractivity contribution in [2.45, 2.75) is 19.9 Å². The molecule has 0 aliphatic rings. The van der Waals surface area contributed by atoms with Gasteiger partial charge in [-0.25, -0.2) is 0 Å². The van der Waals surface area contributed by atoms with Crippen LogP contribution in [0, 0.1) is 13.8 Å². The molecule has 0 spiro atoms. The summed E-state index contributed by atoms with van der Waals surface area (Å²) >= 11 is 6.23. The van der Waals surface area contributed by atoms with Gasteiger partial charge in [-0.3, -0.25) is 0 Å². The number of nitrogens with zero attached hydrogens (tertiary/aromatic N) is 2. The van der Waals surface area contributed by atoms with Crippen molar-refractivity contribution in [1.82, 2.24) is 10.2 Å². The number of benzene rings is 3. The monoisotopic (exact) mass is 389 g/mol. The maximum atomic E-state index is 6.23. The van der Waals surface area contributed by atoms with E-state index < -0.39 is 0 Å². The molecule has 28 heavy (non-hydrogen) atoms. The summed E-state index contributed by atoms with van der Waals surface area (Å²) in [7, 11) is 0. The number of hydrogen-bond acceptors (Lipinski definition) is 4. The molecule has 1 heterocycles. The Morgan fingerprint density at radius 3 is 2.43 bits per heavy atom. The molecule has 1 aromatic heterocycles. The van der Waals surface area contributed by atoms with Crippen molar-refractivity contribution in [3.05, 3.63) is 100 Å². The number of halogens is 1. The van der Waals surface area contributed by atoms with Crippen LogP contribution in [0.25, 0.3) is 11.5 Å². The van der Waals surface area contributed by atoms with Crippen molar-refractivity contribution < 1.29 is 4.42 Å². The number of nitrogens with one attached hydrogen (secondary N) is 1. The summed E-state index contributed by atoms with van der Waals surface area (Å²) in [4.78, 5) is 0. The van der Waals surface area contributed by atoms with E-state index in [1.807, 2.05) is 60.7 Å². The third-order valence-electron chi connectivity index (χ3n) is 4.71. The maximum absolute atomic E-state index is 6.23. The molecule has 0 saturated carbocycles. The van der Waals surface area contributed by atoms with Crippen LogP contribution < -0.4 is 5.32 Å². The van der Waals surface area contributed by atoms with Gasteiger partial charge in [-0.2, -0.15) is 0 Å². The van der Waals surface area contributed by atoms with Crippen LogP contribution in [0.15, 0.2) is 77.2 Å². The molecule has 0 fully saturated rings. The molecule has 0 saturated heterocycles. The Bertz CT molecular complexity index is 1090. The summed E-state index contributed by atoms with van der Waals surface area (Å²) in [5.41, 5.74) is 5.28. The van der Waals surface area contributed by atoms with Crippen LogP contribution in [0.4, 0.5) is 5.69 Å². The van der Waals surface area contributed by atoms with Crippen molar-refractivity contribution in [2.75, 3.05) is 5.32 Å². The lowest BCUT2D eigenvalue weighted by atomic mass is 10.1. The number of aryl methyl sites for hydroxylation is 2. The van der Waals surface area contributed by atoms with Crippen LogP contribution in [-0.2, 0) is 0 Å². The first-order valence-electron chi connectivity index (χ1n) is 9.08. The highest BCUT2D eigenvalue weighted by Gasteiger charge is 2.22. The van der Waals surface area contributed by atoms with Gasteiger partial charge in [0.25, 0.3) is 0 Å². The van der Waals surface area contributed by atoms with Crippen LogP contribution in [0.3, 0.4) is 0 Å². The fourth-order valence-electron chi connectivity index (χ4n) is 3.02. The third-order valence-corrected chi connectivity index (χ3v) is 4.94. The lowest BCUT2D eigenvalue weighted by Gasteiger charge is -2.18. The highest BCUT2D eigenvalue weighted by Crippen LogP contribution is 2.30. The summed E-state index contributed by atoms with van der Waals surface area (Å²) in [5, 5.41) is 12.7. The Morgan fingerprint density at radius 1 is 0.857 bits per heavy atom. The molecule has 3 aromatic carbocycles. The minimum absolute atomic E-state index is 0.314. The van der Waals surface area contributed by atoms with E-state index in [1.54, 1.807) is 0 Å². The lowest BCUT2D eigenvalue weighted by Crippen LogP contribution is -2.13. The molecule has 0 unspecified atom stereocenters. The van der Waals surface area contributed by atoms with Gasteiger partial charge >= 0.3 is 0 Å². The molecule has 1 N–H and O–H groups in total. The Labute approximate surface area is 169 Å². The van der Waals surface area contributed by atoms with Crippen molar-refractivity contribution >= 4 is 17.3 Å². The van der Waals surface area contributed by atoms with Crippen molar-refractivity contribution in [3.8, 4) is 11.5 Å². The quantitative estimate of drug-likeness (QED) is 0.441. The van der Waals surface area contributed by atoms with E-state index >= 15 is 0 Å². The standard InChI is InChI=1S/C23H20ClN3O/c1-15-11-12-20(13-16(15)2)25-21(18-9-6-10-19(24)14-18)23-27-26-22(28-23)17-7-4-3-5-8-17/h3-14,21,25H,1-2H3/t21-/m0/s1. The summed E-state index contributed by atoms with van der Waals surface area (Å²) < 4.78 is 6.02. The van der Waals surface area contributed by atoms with E-state index in [2.05, 4.69) is 41.5 Å². The van der Waals surface area contributed by atoms with Gasteiger partial charge in [0.2, 0.25) is 11.8 Å². The van der Waals surface area contributed by atoms with Gasteiger partial charge in [-0.05, 0) is 66.9 Å². The lowest BCUT2D eigenvalue weighted by molar-refractivity contribution is 0.494. The Hall–Kier alpha value is -3.11. The number of hydrogen-bond donors (Lipinski definition) is 1. The van der Waals surface area contributed by atoms with Crippen molar-refractivity contribution in [2.24, 2.45) is 0 Å². The fourth-order valence-corrected chi connectivity index (χ4v) is 3.22. The first kappa shape index (κ1) is 18.3. The number of rotatable bonds is 5. The molecule has 0 bridgehead atoms. The molecule has 0 radical (unpaired) electrons. The van der Waals surface area contributed by atoms with Gasteiger partial charge in [0.15, 0.2) is 0 Å². The molecule has 5 heteroatoms. The highest BCUT2D eigenvalue weighted by molar-refractivity contribution is 6.30. The van der Waals surface area contributed by atoms with Gasteiger partial charge in [0.1, 0.15) is 6.04 Å². The summed E-state index contributed by atoms with van der Waals surface area (Å²) in [6.07, 6.45) is 0. The van der Waals surface area contributed by atoms with E-state index in [-0.39, 0.29) is 6.04 Å². The first-order valence-corrected chi connectivity index (χ1v) is 9.46. The van der Waals surface area contributed by atoms with E-state index in [0.717, 1.165) is 16.8 Å². The molecule has 0 aliphatic heterocycles. The van der Waals surface area contributed by atoms with Crippen molar-refractivity contribution in [1.29, 1.82) is 0 Å².